The number of hydrogen-bond donors (Lipinski definition) is 1. The Labute approximate surface area is 101 Å². The summed E-state index contributed by atoms with van der Waals surface area (Å²) in [5.41, 5.74) is 5.53. The summed E-state index contributed by atoms with van der Waals surface area (Å²) < 4.78 is 1.84. The summed E-state index contributed by atoms with van der Waals surface area (Å²) in [6.45, 7) is 4.10. The van der Waals surface area contributed by atoms with Crippen molar-refractivity contribution in [1.29, 1.82) is 0 Å². The molecule has 0 aliphatic carbocycles. The van der Waals surface area contributed by atoms with Crippen LogP contribution >= 0.6 is 0 Å². The highest BCUT2D eigenvalue weighted by atomic mass is 16.2. The van der Waals surface area contributed by atoms with Crippen molar-refractivity contribution in [2.45, 2.75) is 13.0 Å². The first-order valence-corrected chi connectivity index (χ1v) is 5.90. The highest BCUT2D eigenvalue weighted by molar-refractivity contribution is 5.78. The molecular weight excluding hydrogens is 218 g/mol. The minimum atomic E-state index is 0.208. The third-order valence-electron chi connectivity index (χ3n) is 3.06. The number of rotatable bonds is 4. The molecule has 2 heterocycles. The zero-order chi connectivity index (χ0) is 12.3. The molecule has 1 fully saturated rings. The van der Waals surface area contributed by atoms with Crippen LogP contribution < -0.4 is 5.73 Å². The summed E-state index contributed by atoms with van der Waals surface area (Å²) in [7, 11) is 1.85. The number of nitrogen functional groups attached to an aromatic ring is 1. The zero-order valence-corrected chi connectivity index (χ0v) is 10.2. The minimum Gasteiger partial charge on any atom is -0.382 e. The molecule has 1 aromatic rings. The molecule has 0 atom stereocenters. The molecule has 0 saturated carbocycles. The minimum absolute atomic E-state index is 0.208. The fourth-order valence-corrected chi connectivity index (χ4v) is 1.96. The molecule has 94 valence electrons. The van der Waals surface area contributed by atoms with Gasteiger partial charge in [0.2, 0.25) is 5.91 Å². The Balaban J connectivity index is 1.70. The van der Waals surface area contributed by atoms with Crippen molar-refractivity contribution in [2.75, 3.05) is 39.0 Å². The Morgan fingerprint density at radius 1 is 1.41 bits per heavy atom. The van der Waals surface area contributed by atoms with Crippen molar-refractivity contribution in [3.63, 3.8) is 0 Å². The van der Waals surface area contributed by atoms with E-state index >= 15 is 0 Å². The zero-order valence-electron chi connectivity index (χ0n) is 10.2. The van der Waals surface area contributed by atoms with Crippen LogP contribution in [0.4, 0.5) is 5.82 Å². The number of carbonyl (C=O) groups excluding carboxylic acids is 1. The standard InChI is InChI=1S/C11H19N5O/c1-14-7-8-15(9-11(14)17)4-2-5-16-6-3-10(12)13-16/h3,6H,2,4-5,7-9H2,1H3,(H2,12,13). The normalized spacial score (nSPS) is 17.7. The van der Waals surface area contributed by atoms with Crippen molar-refractivity contribution in [2.24, 2.45) is 0 Å². The van der Waals surface area contributed by atoms with Crippen molar-refractivity contribution >= 4 is 11.7 Å². The van der Waals surface area contributed by atoms with Gasteiger partial charge in [0, 0.05) is 39.4 Å². The molecule has 1 aliphatic heterocycles. The number of aryl methyl sites for hydroxylation is 1. The average Bonchev–Trinajstić information content (AvgIpc) is 2.70. The molecule has 1 aliphatic rings. The lowest BCUT2D eigenvalue weighted by Crippen LogP contribution is -2.48. The van der Waals surface area contributed by atoms with Gasteiger partial charge in [-0.05, 0) is 12.5 Å². The lowest BCUT2D eigenvalue weighted by Gasteiger charge is -2.31. The monoisotopic (exact) mass is 237 g/mol. The van der Waals surface area contributed by atoms with Gasteiger partial charge >= 0.3 is 0 Å². The van der Waals surface area contributed by atoms with Crippen LogP contribution in [-0.4, -0.2) is 58.7 Å². The van der Waals surface area contributed by atoms with Gasteiger partial charge in [0.15, 0.2) is 0 Å². The fraction of sp³-hybridized carbons (Fsp3) is 0.636. The maximum absolute atomic E-state index is 11.5. The number of nitrogens with zero attached hydrogens (tertiary/aromatic N) is 4. The summed E-state index contributed by atoms with van der Waals surface area (Å²) in [5, 5.41) is 4.12. The van der Waals surface area contributed by atoms with Gasteiger partial charge in [0.1, 0.15) is 5.82 Å². The molecule has 0 aromatic carbocycles. The van der Waals surface area contributed by atoms with Gasteiger partial charge in [-0.2, -0.15) is 5.10 Å². The van der Waals surface area contributed by atoms with E-state index in [4.69, 9.17) is 5.73 Å². The van der Waals surface area contributed by atoms with E-state index in [0.29, 0.717) is 12.4 Å². The summed E-state index contributed by atoms with van der Waals surface area (Å²) in [6.07, 6.45) is 2.86. The number of carbonyl (C=O) groups is 1. The van der Waals surface area contributed by atoms with Crippen LogP contribution in [0.3, 0.4) is 0 Å². The lowest BCUT2D eigenvalue weighted by molar-refractivity contribution is -0.134. The van der Waals surface area contributed by atoms with E-state index in [1.165, 1.54) is 0 Å². The molecule has 6 nitrogen and oxygen atoms in total. The van der Waals surface area contributed by atoms with Crippen LogP contribution in [0, 0.1) is 0 Å². The Bertz CT molecular complexity index is 389. The van der Waals surface area contributed by atoms with Crippen LogP contribution in [-0.2, 0) is 11.3 Å². The number of amides is 1. The van der Waals surface area contributed by atoms with Gasteiger partial charge in [-0.15, -0.1) is 0 Å². The molecular formula is C11H19N5O. The van der Waals surface area contributed by atoms with Crippen molar-refractivity contribution in [3.8, 4) is 0 Å². The molecule has 1 aromatic heterocycles. The largest absolute Gasteiger partial charge is 0.382 e. The topological polar surface area (TPSA) is 67.4 Å². The van der Waals surface area contributed by atoms with Crippen LogP contribution in [0.15, 0.2) is 12.3 Å². The first kappa shape index (κ1) is 11.9. The molecule has 6 heteroatoms. The molecule has 0 unspecified atom stereocenters. The Morgan fingerprint density at radius 3 is 2.88 bits per heavy atom. The van der Waals surface area contributed by atoms with E-state index in [2.05, 4.69) is 10.00 Å². The van der Waals surface area contributed by atoms with Gasteiger partial charge in [0.25, 0.3) is 0 Å². The van der Waals surface area contributed by atoms with Gasteiger partial charge in [-0.1, -0.05) is 0 Å². The summed E-state index contributed by atoms with van der Waals surface area (Å²) in [5.74, 6) is 0.763. The molecule has 17 heavy (non-hydrogen) atoms. The third kappa shape index (κ3) is 3.20. The lowest BCUT2D eigenvalue weighted by atomic mass is 10.3. The van der Waals surface area contributed by atoms with Gasteiger partial charge in [-0.25, -0.2) is 0 Å². The second kappa shape index (κ2) is 5.18. The number of aromatic nitrogens is 2. The molecule has 1 saturated heterocycles. The Morgan fingerprint density at radius 2 is 2.24 bits per heavy atom. The number of nitrogens with two attached hydrogens (primary N) is 1. The number of hydrogen-bond acceptors (Lipinski definition) is 4. The third-order valence-corrected chi connectivity index (χ3v) is 3.06. The summed E-state index contributed by atoms with van der Waals surface area (Å²) in [6, 6.07) is 1.79. The second-order valence-electron chi connectivity index (χ2n) is 4.45. The van der Waals surface area contributed by atoms with Crippen LogP contribution in [0.2, 0.25) is 0 Å². The molecule has 0 bridgehead atoms. The highest BCUT2D eigenvalue weighted by Gasteiger charge is 2.19. The van der Waals surface area contributed by atoms with Crippen molar-refractivity contribution < 1.29 is 4.79 Å². The van der Waals surface area contributed by atoms with E-state index in [1.807, 2.05) is 17.9 Å². The quantitative estimate of drug-likeness (QED) is 0.776. The number of anilines is 1. The SMILES string of the molecule is CN1CCN(CCCn2ccc(N)n2)CC1=O. The molecule has 2 rings (SSSR count). The smallest absolute Gasteiger partial charge is 0.236 e. The molecule has 0 radical (unpaired) electrons. The molecule has 1 amide bonds. The van der Waals surface area contributed by atoms with Crippen molar-refractivity contribution in [1.82, 2.24) is 19.6 Å². The van der Waals surface area contributed by atoms with E-state index < -0.39 is 0 Å². The van der Waals surface area contributed by atoms with E-state index in [0.717, 1.165) is 32.6 Å². The predicted octanol–water partition coefficient (Wildman–Crippen LogP) is -0.371. The summed E-state index contributed by atoms with van der Waals surface area (Å²) in [4.78, 5) is 15.5. The molecule has 0 spiro atoms. The maximum Gasteiger partial charge on any atom is 0.236 e. The second-order valence-corrected chi connectivity index (χ2v) is 4.45. The number of likely N-dealkylation sites (N-methyl/N-ethyl adjacent to an activating group) is 1. The average molecular weight is 237 g/mol. The van der Waals surface area contributed by atoms with Crippen LogP contribution in [0.25, 0.3) is 0 Å². The first-order chi connectivity index (χ1) is 8.15. The summed E-state index contributed by atoms with van der Waals surface area (Å²) >= 11 is 0. The van der Waals surface area contributed by atoms with Gasteiger partial charge in [-0.3, -0.25) is 14.4 Å². The van der Waals surface area contributed by atoms with Gasteiger partial charge < -0.3 is 10.6 Å². The van der Waals surface area contributed by atoms with Crippen LogP contribution in [0.1, 0.15) is 6.42 Å². The Hall–Kier alpha value is -1.56. The van der Waals surface area contributed by atoms with Crippen LogP contribution in [0.5, 0.6) is 0 Å². The van der Waals surface area contributed by atoms with Crippen molar-refractivity contribution in [3.05, 3.63) is 12.3 Å². The van der Waals surface area contributed by atoms with E-state index in [-0.39, 0.29) is 5.91 Å². The van der Waals surface area contributed by atoms with E-state index in [9.17, 15) is 4.79 Å². The maximum atomic E-state index is 11.5. The van der Waals surface area contributed by atoms with Gasteiger partial charge in [0.05, 0.1) is 6.54 Å². The Kier molecular flexibility index (Phi) is 3.63. The fourth-order valence-electron chi connectivity index (χ4n) is 1.96. The number of piperazine rings is 1. The first-order valence-electron chi connectivity index (χ1n) is 5.90. The molecule has 2 N–H and O–H groups in total. The highest BCUT2D eigenvalue weighted by Crippen LogP contribution is 2.03. The van der Waals surface area contributed by atoms with E-state index in [1.54, 1.807) is 11.0 Å². The predicted molar refractivity (Wildman–Crippen MR) is 65.3 cm³/mol.